The van der Waals surface area contributed by atoms with Crippen molar-refractivity contribution in [3.8, 4) is 0 Å². The molecule has 0 bridgehead atoms. The van der Waals surface area contributed by atoms with Gasteiger partial charge in [0.05, 0.1) is 11.2 Å². The van der Waals surface area contributed by atoms with E-state index in [1.807, 2.05) is 5.51 Å². The summed E-state index contributed by atoms with van der Waals surface area (Å²) in [5.74, 6) is 0.804. The van der Waals surface area contributed by atoms with Crippen molar-refractivity contribution in [2.24, 2.45) is 5.92 Å². The van der Waals surface area contributed by atoms with E-state index in [1.165, 1.54) is 23.3 Å². The number of hydrogen-bond donors (Lipinski definition) is 1. The number of rotatable bonds is 5. The van der Waals surface area contributed by atoms with Gasteiger partial charge < -0.3 is 5.32 Å². The number of nitrogens with zero attached hydrogens (tertiary/aromatic N) is 1. The van der Waals surface area contributed by atoms with E-state index in [9.17, 15) is 0 Å². The molecule has 100 valence electrons. The molecule has 2 atom stereocenters. The average Bonchev–Trinajstić information content (AvgIpc) is 3.18. The molecule has 0 radical (unpaired) electrons. The molecule has 1 fully saturated rings. The Morgan fingerprint density at radius 3 is 2.58 bits per heavy atom. The van der Waals surface area contributed by atoms with Crippen molar-refractivity contribution in [1.29, 1.82) is 0 Å². The Kier molecular flexibility index (Phi) is 3.67. The van der Waals surface area contributed by atoms with Crippen molar-refractivity contribution in [2.75, 3.05) is 0 Å². The first-order valence-electron chi connectivity index (χ1n) is 6.96. The Morgan fingerprint density at radius 2 is 2.00 bits per heavy atom. The Labute approximate surface area is 118 Å². The topological polar surface area (TPSA) is 24.9 Å². The van der Waals surface area contributed by atoms with E-state index >= 15 is 0 Å². The lowest BCUT2D eigenvalue weighted by atomic mass is 10.0. The van der Waals surface area contributed by atoms with E-state index in [-0.39, 0.29) is 0 Å². The number of aromatic nitrogens is 1. The largest absolute Gasteiger partial charge is 0.302 e. The summed E-state index contributed by atoms with van der Waals surface area (Å²) in [6.45, 7) is 4.34. The van der Waals surface area contributed by atoms with Crippen LogP contribution >= 0.6 is 11.3 Å². The summed E-state index contributed by atoms with van der Waals surface area (Å²) in [5, 5.41) is 3.81. The van der Waals surface area contributed by atoms with Crippen LogP contribution in [0.2, 0.25) is 0 Å². The lowest BCUT2D eigenvalue weighted by molar-refractivity contribution is 0.430. The number of aryl methyl sites for hydroxylation is 1. The van der Waals surface area contributed by atoms with E-state index in [0.29, 0.717) is 12.1 Å². The molecule has 0 saturated heterocycles. The molecule has 1 aromatic heterocycles. The highest BCUT2D eigenvalue weighted by molar-refractivity contribution is 7.09. The Bertz CT molecular complexity index is 531. The highest BCUT2D eigenvalue weighted by atomic mass is 32.1. The van der Waals surface area contributed by atoms with Gasteiger partial charge in [-0.05, 0) is 38.2 Å². The molecule has 1 aliphatic carbocycles. The van der Waals surface area contributed by atoms with Gasteiger partial charge in [0.2, 0.25) is 0 Å². The summed E-state index contributed by atoms with van der Waals surface area (Å²) >= 11 is 1.75. The van der Waals surface area contributed by atoms with Crippen molar-refractivity contribution in [2.45, 2.75) is 38.8 Å². The van der Waals surface area contributed by atoms with E-state index < -0.39 is 0 Å². The Hall–Kier alpha value is -1.19. The van der Waals surface area contributed by atoms with Crippen molar-refractivity contribution >= 4 is 11.3 Å². The molecule has 2 unspecified atom stereocenters. The zero-order valence-electron chi connectivity index (χ0n) is 11.5. The summed E-state index contributed by atoms with van der Waals surface area (Å²) in [6, 6.07) is 11.7. The first-order chi connectivity index (χ1) is 9.25. The maximum Gasteiger partial charge on any atom is 0.0798 e. The van der Waals surface area contributed by atoms with E-state index in [2.05, 4.69) is 54.5 Å². The van der Waals surface area contributed by atoms with Gasteiger partial charge in [0, 0.05) is 17.0 Å². The van der Waals surface area contributed by atoms with Crippen LogP contribution in [0.15, 0.2) is 35.8 Å². The fourth-order valence-electron chi connectivity index (χ4n) is 2.67. The van der Waals surface area contributed by atoms with Crippen LogP contribution in [0, 0.1) is 12.8 Å². The van der Waals surface area contributed by atoms with Gasteiger partial charge in [-0.2, -0.15) is 0 Å². The van der Waals surface area contributed by atoms with Crippen molar-refractivity contribution in [1.82, 2.24) is 10.3 Å². The molecule has 2 aromatic rings. The highest BCUT2D eigenvalue weighted by Crippen LogP contribution is 2.42. The lowest BCUT2D eigenvalue weighted by Gasteiger charge is -2.23. The van der Waals surface area contributed by atoms with E-state index in [1.54, 1.807) is 11.3 Å². The van der Waals surface area contributed by atoms with Gasteiger partial charge in [-0.15, -0.1) is 11.3 Å². The quantitative estimate of drug-likeness (QED) is 0.880. The third-order valence-electron chi connectivity index (χ3n) is 3.86. The number of benzene rings is 1. The van der Waals surface area contributed by atoms with E-state index in [4.69, 9.17) is 0 Å². The lowest BCUT2D eigenvalue weighted by Crippen LogP contribution is -2.26. The smallest absolute Gasteiger partial charge is 0.0798 e. The first kappa shape index (κ1) is 12.8. The second-order valence-electron chi connectivity index (χ2n) is 5.42. The summed E-state index contributed by atoms with van der Waals surface area (Å²) in [6.07, 6.45) is 2.70. The van der Waals surface area contributed by atoms with Gasteiger partial charge in [-0.25, -0.2) is 4.98 Å². The molecule has 1 heterocycles. The summed E-state index contributed by atoms with van der Waals surface area (Å²) in [7, 11) is 0. The van der Waals surface area contributed by atoms with Crippen LogP contribution in [0.4, 0.5) is 0 Å². The van der Waals surface area contributed by atoms with Gasteiger partial charge >= 0.3 is 0 Å². The number of hydrogen-bond acceptors (Lipinski definition) is 3. The third kappa shape index (κ3) is 2.88. The van der Waals surface area contributed by atoms with Gasteiger partial charge in [0.25, 0.3) is 0 Å². The molecule has 19 heavy (non-hydrogen) atoms. The highest BCUT2D eigenvalue weighted by Gasteiger charge is 2.33. The fraction of sp³-hybridized carbons (Fsp3) is 0.438. The average molecular weight is 272 g/mol. The first-order valence-corrected chi connectivity index (χ1v) is 7.84. The summed E-state index contributed by atoms with van der Waals surface area (Å²) in [4.78, 5) is 5.72. The zero-order valence-corrected chi connectivity index (χ0v) is 12.3. The summed E-state index contributed by atoms with van der Waals surface area (Å²) < 4.78 is 0. The minimum atomic E-state index is 0.373. The number of nitrogens with one attached hydrogen (secondary N) is 1. The molecule has 1 saturated carbocycles. The monoisotopic (exact) mass is 272 g/mol. The molecule has 1 N–H and O–H groups in total. The van der Waals surface area contributed by atoms with Crippen LogP contribution in [-0.4, -0.2) is 4.98 Å². The Balaban J connectivity index is 1.77. The molecular formula is C16H20N2S. The normalized spacial score (nSPS) is 18.2. The Morgan fingerprint density at radius 1 is 1.26 bits per heavy atom. The van der Waals surface area contributed by atoms with Crippen LogP contribution in [-0.2, 0) is 0 Å². The summed E-state index contributed by atoms with van der Waals surface area (Å²) in [5.41, 5.74) is 4.52. The second kappa shape index (κ2) is 5.43. The molecule has 0 aliphatic heterocycles. The molecule has 3 heteroatoms. The molecule has 1 aliphatic rings. The predicted molar refractivity (Wildman–Crippen MR) is 80.3 cm³/mol. The fourth-order valence-corrected chi connectivity index (χ4v) is 3.49. The molecule has 2 nitrogen and oxygen atoms in total. The zero-order chi connectivity index (χ0) is 13.2. The van der Waals surface area contributed by atoms with Crippen LogP contribution in [0.3, 0.4) is 0 Å². The van der Waals surface area contributed by atoms with Crippen molar-refractivity contribution in [3.63, 3.8) is 0 Å². The third-order valence-corrected chi connectivity index (χ3v) is 4.97. The molecule has 1 aromatic carbocycles. The van der Waals surface area contributed by atoms with Crippen LogP contribution < -0.4 is 5.32 Å². The van der Waals surface area contributed by atoms with Crippen molar-refractivity contribution < 1.29 is 0 Å². The van der Waals surface area contributed by atoms with Gasteiger partial charge in [0.1, 0.15) is 0 Å². The second-order valence-corrected chi connectivity index (χ2v) is 6.30. The maximum absolute atomic E-state index is 4.36. The molecule has 0 amide bonds. The standard InChI is InChI=1S/C16H20N2S/c1-11-16(19-10-17-11)12(2)18-15(14-8-9-14)13-6-4-3-5-7-13/h3-7,10,12,14-15,18H,8-9H2,1-2H3. The van der Waals surface area contributed by atoms with Gasteiger partial charge in [-0.1, -0.05) is 30.3 Å². The van der Waals surface area contributed by atoms with Crippen molar-refractivity contribution in [3.05, 3.63) is 52.0 Å². The van der Waals surface area contributed by atoms with Crippen LogP contribution in [0.25, 0.3) is 0 Å². The minimum Gasteiger partial charge on any atom is -0.302 e. The van der Waals surface area contributed by atoms with E-state index in [0.717, 1.165) is 11.6 Å². The van der Waals surface area contributed by atoms with Crippen LogP contribution in [0.1, 0.15) is 48.0 Å². The SMILES string of the molecule is Cc1ncsc1C(C)NC(c1ccccc1)C1CC1. The number of thiazole rings is 1. The predicted octanol–water partition coefficient (Wildman–Crippen LogP) is 4.25. The maximum atomic E-state index is 4.36. The van der Waals surface area contributed by atoms with Gasteiger partial charge in [-0.3, -0.25) is 0 Å². The molecule has 0 spiro atoms. The van der Waals surface area contributed by atoms with Crippen LogP contribution in [0.5, 0.6) is 0 Å². The minimum absolute atomic E-state index is 0.373. The van der Waals surface area contributed by atoms with Gasteiger partial charge in [0.15, 0.2) is 0 Å². The molecule has 3 rings (SSSR count). The molecular weight excluding hydrogens is 252 g/mol.